The van der Waals surface area contributed by atoms with Gasteiger partial charge in [-0.3, -0.25) is 28.8 Å². The second kappa shape index (κ2) is 17.2. The Morgan fingerprint density at radius 3 is 1.80 bits per heavy atom. The minimum absolute atomic E-state index is 0.0524. The van der Waals surface area contributed by atoms with Gasteiger partial charge >= 0.3 is 0 Å². The number of phenols is 1. The van der Waals surface area contributed by atoms with Crippen LogP contribution in [0.5, 0.6) is 5.75 Å². The number of nitrogens with one attached hydrogen (secondary N) is 5. The van der Waals surface area contributed by atoms with Gasteiger partial charge in [-0.15, -0.1) is 0 Å². The van der Waals surface area contributed by atoms with E-state index in [-0.39, 0.29) is 24.5 Å². The van der Waals surface area contributed by atoms with Crippen LogP contribution in [0.15, 0.2) is 54.6 Å². The summed E-state index contributed by atoms with van der Waals surface area (Å²) < 4.78 is 0. The van der Waals surface area contributed by atoms with Crippen molar-refractivity contribution >= 4 is 35.4 Å². The largest absolute Gasteiger partial charge is 0.508 e. The van der Waals surface area contributed by atoms with Crippen molar-refractivity contribution in [3.05, 3.63) is 65.7 Å². The lowest BCUT2D eigenvalue weighted by Gasteiger charge is -2.23. The molecule has 0 bridgehead atoms. The predicted octanol–water partition coefficient (Wildman–Crippen LogP) is -0.196. The highest BCUT2D eigenvalue weighted by atomic mass is 16.3. The van der Waals surface area contributed by atoms with Crippen LogP contribution >= 0.6 is 0 Å². The molecule has 0 aliphatic carbocycles. The quantitative estimate of drug-likeness (QED) is 0.136. The van der Waals surface area contributed by atoms with Crippen LogP contribution in [0.4, 0.5) is 0 Å². The Kier molecular flexibility index (Phi) is 13.8. The third-order valence-corrected chi connectivity index (χ3v) is 6.55. The molecule has 13 nitrogen and oxygen atoms in total. The molecule has 0 aliphatic rings. The summed E-state index contributed by atoms with van der Waals surface area (Å²) in [6.45, 7) is 5.95. The Bertz CT molecular complexity index is 1300. The molecule has 13 heteroatoms. The number of carbonyl (C=O) groups excluding carboxylic acids is 6. The van der Waals surface area contributed by atoms with Crippen molar-refractivity contribution in [2.75, 3.05) is 6.54 Å². The molecule has 2 rings (SSSR count). The molecule has 6 amide bonds. The number of benzene rings is 2. The van der Waals surface area contributed by atoms with Gasteiger partial charge in [-0.2, -0.15) is 0 Å². The number of hydrogen-bond acceptors (Lipinski definition) is 7. The molecule has 0 saturated heterocycles. The van der Waals surface area contributed by atoms with Gasteiger partial charge in [-0.1, -0.05) is 56.3 Å². The maximum Gasteiger partial charge on any atom is 0.243 e. The first-order valence-corrected chi connectivity index (χ1v) is 14.3. The lowest BCUT2D eigenvalue weighted by molar-refractivity contribution is -0.133. The Morgan fingerprint density at radius 1 is 0.705 bits per heavy atom. The number of primary amides is 1. The summed E-state index contributed by atoms with van der Waals surface area (Å²) in [5.74, 6) is -3.57. The zero-order valence-corrected chi connectivity index (χ0v) is 25.4. The van der Waals surface area contributed by atoms with Gasteiger partial charge < -0.3 is 37.4 Å². The molecule has 238 valence electrons. The van der Waals surface area contributed by atoms with Crippen LogP contribution in [0.2, 0.25) is 0 Å². The van der Waals surface area contributed by atoms with Gasteiger partial charge in [0, 0.05) is 19.8 Å². The average Bonchev–Trinajstić information content (AvgIpc) is 2.95. The Labute approximate surface area is 256 Å². The second-order valence-corrected chi connectivity index (χ2v) is 11.0. The molecule has 8 N–H and O–H groups in total. The zero-order chi connectivity index (χ0) is 32.8. The Morgan fingerprint density at radius 2 is 1.25 bits per heavy atom. The van der Waals surface area contributed by atoms with Gasteiger partial charge in [0.25, 0.3) is 0 Å². The molecule has 0 heterocycles. The van der Waals surface area contributed by atoms with Crippen LogP contribution < -0.4 is 32.3 Å². The van der Waals surface area contributed by atoms with Crippen LogP contribution in [0.1, 0.15) is 45.2 Å². The van der Waals surface area contributed by atoms with Gasteiger partial charge in [0.05, 0.1) is 6.54 Å². The summed E-state index contributed by atoms with van der Waals surface area (Å²) in [5.41, 5.74) is 6.90. The van der Waals surface area contributed by atoms with Gasteiger partial charge in [0.15, 0.2) is 0 Å². The summed E-state index contributed by atoms with van der Waals surface area (Å²) in [6.07, 6.45) is 0.559. The van der Waals surface area contributed by atoms with Gasteiger partial charge in [-0.05, 0) is 42.5 Å². The fourth-order valence-corrected chi connectivity index (χ4v) is 4.32. The van der Waals surface area contributed by atoms with Gasteiger partial charge in [0.1, 0.15) is 29.9 Å². The highest BCUT2D eigenvalue weighted by Crippen LogP contribution is 2.12. The van der Waals surface area contributed by atoms with Crippen molar-refractivity contribution < 1.29 is 33.9 Å². The number of carbonyl (C=O) groups is 6. The van der Waals surface area contributed by atoms with E-state index < -0.39 is 66.2 Å². The van der Waals surface area contributed by atoms with Crippen molar-refractivity contribution in [1.29, 1.82) is 0 Å². The van der Waals surface area contributed by atoms with Gasteiger partial charge in [-0.25, -0.2) is 0 Å². The highest BCUT2D eigenvalue weighted by molar-refractivity contribution is 5.95. The van der Waals surface area contributed by atoms with E-state index in [1.165, 1.54) is 26.0 Å². The van der Waals surface area contributed by atoms with Crippen LogP contribution in [0.25, 0.3) is 0 Å². The van der Waals surface area contributed by atoms with E-state index in [0.29, 0.717) is 12.0 Å². The number of hydrogen-bond donors (Lipinski definition) is 7. The molecule has 0 aromatic heterocycles. The smallest absolute Gasteiger partial charge is 0.243 e. The molecule has 0 saturated carbocycles. The third kappa shape index (κ3) is 12.5. The predicted molar refractivity (Wildman–Crippen MR) is 163 cm³/mol. The molecule has 2 aromatic rings. The number of nitrogens with two attached hydrogens (primary N) is 1. The number of phenolic OH excluding ortho intramolecular Hbond substituents is 1. The molecule has 0 fully saturated rings. The molecular formula is C31H42N6O7. The van der Waals surface area contributed by atoms with E-state index in [0.717, 1.165) is 5.56 Å². The first-order chi connectivity index (χ1) is 20.7. The van der Waals surface area contributed by atoms with Crippen molar-refractivity contribution in [1.82, 2.24) is 26.6 Å². The fraction of sp³-hybridized carbons (Fsp3) is 0.419. The van der Waals surface area contributed by atoms with Gasteiger partial charge in [0.2, 0.25) is 35.4 Å². The standard InChI is InChI=1S/C31H42N6O7/c1-18(2)14-24(28(32)41)37-31(44)26(15-21-8-6-5-7-9-21)36-27(40)17-33-29(42)19(3)34-30(43)25(35-20(4)38)16-22-10-12-23(39)13-11-22/h5-13,18-19,24-26,39H,14-17H2,1-4H3,(H2,32,41)(H,33,42)(H,34,43)(H,35,38)(H,36,40)(H,37,44)/t19-,24+,25-,26-/m0/s1. The second-order valence-electron chi connectivity index (χ2n) is 11.0. The van der Waals surface area contributed by atoms with E-state index in [1.54, 1.807) is 36.4 Å². The highest BCUT2D eigenvalue weighted by Gasteiger charge is 2.28. The topological polar surface area (TPSA) is 209 Å². The van der Waals surface area contributed by atoms with Crippen LogP contribution in [-0.2, 0) is 41.6 Å². The summed E-state index contributed by atoms with van der Waals surface area (Å²) >= 11 is 0. The summed E-state index contributed by atoms with van der Waals surface area (Å²) in [7, 11) is 0. The van der Waals surface area contributed by atoms with E-state index in [4.69, 9.17) is 5.73 Å². The summed E-state index contributed by atoms with van der Waals surface area (Å²) in [5, 5.41) is 22.2. The number of rotatable bonds is 16. The van der Waals surface area contributed by atoms with E-state index in [9.17, 15) is 33.9 Å². The molecule has 2 aromatic carbocycles. The fourth-order valence-electron chi connectivity index (χ4n) is 4.32. The monoisotopic (exact) mass is 610 g/mol. The molecule has 0 spiro atoms. The van der Waals surface area contributed by atoms with E-state index in [1.807, 2.05) is 19.9 Å². The van der Waals surface area contributed by atoms with E-state index in [2.05, 4.69) is 26.6 Å². The van der Waals surface area contributed by atoms with E-state index >= 15 is 0 Å². The first-order valence-electron chi connectivity index (χ1n) is 14.3. The van der Waals surface area contributed by atoms with Crippen molar-refractivity contribution in [2.45, 2.75) is 71.1 Å². The Balaban J connectivity index is 2.00. The van der Waals surface area contributed by atoms with Crippen LogP contribution in [-0.4, -0.2) is 71.3 Å². The molecule has 0 unspecified atom stereocenters. The normalized spacial score (nSPS) is 13.5. The van der Waals surface area contributed by atoms with Crippen LogP contribution in [0.3, 0.4) is 0 Å². The SMILES string of the molecule is CC(=O)N[C@@H](Cc1ccc(O)cc1)C(=O)N[C@@H](C)C(=O)NCC(=O)N[C@@H](Cc1ccccc1)C(=O)N[C@H](CC(C)C)C(N)=O. The minimum atomic E-state index is -1.07. The molecule has 0 aliphatic heterocycles. The minimum Gasteiger partial charge on any atom is -0.508 e. The maximum atomic E-state index is 13.1. The third-order valence-electron chi connectivity index (χ3n) is 6.55. The lowest BCUT2D eigenvalue weighted by atomic mass is 10.0. The molecule has 4 atom stereocenters. The Hall–Kier alpha value is -4.94. The maximum absolute atomic E-state index is 13.1. The lowest BCUT2D eigenvalue weighted by Crippen LogP contribution is -2.56. The first kappa shape index (κ1) is 35.3. The zero-order valence-electron chi connectivity index (χ0n) is 25.4. The molecule has 44 heavy (non-hydrogen) atoms. The van der Waals surface area contributed by atoms with Crippen LogP contribution in [0, 0.1) is 5.92 Å². The van der Waals surface area contributed by atoms with Crippen molar-refractivity contribution in [3.63, 3.8) is 0 Å². The average molecular weight is 611 g/mol. The molecule has 0 radical (unpaired) electrons. The summed E-state index contributed by atoms with van der Waals surface area (Å²) in [4.78, 5) is 75.1. The number of aromatic hydroxyl groups is 1. The number of amides is 6. The van der Waals surface area contributed by atoms with Crippen molar-refractivity contribution in [2.24, 2.45) is 11.7 Å². The summed E-state index contributed by atoms with van der Waals surface area (Å²) in [6, 6.07) is 11.0. The molecular weight excluding hydrogens is 568 g/mol. The van der Waals surface area contributed by atoms with Crippen molar-refractivity contribution in [3.8, 4) is 5.75 Å².